The topological polar surface area (TPSA) is 58.6 Å². The predicted octanol–water partition coefficient (Wildman–Crippen LogP) is 2.47. The summed E-state index contributed by atoms with van der Waals surface area (Å²) in [7, 11) is 1.64. The first-order valence-electron chi connectivity index (χ1n) is 8.38. The fourth-order valence-corrected chi connectivity index (χ4v) is 2.98. The van der Waals surface area contributed by atoms with E-state index in [1.54, 1.807) is 7.11 Å². The fourth-order valence-electron chi connectivity index (χ4n) is 2.98. The van der Waals surface area contributed by atoms with Gasteiger partial charge >= 0.3 is 0 Å². The average Bonchev–Trinajstić information content (AvgIpc) is 2.90. The Labute approximate surface area is 147 Å². The first kappa shape index (κ1) is 17.2. The first-order valence-corrected chi connectivity index (χ1v) is 8.38. The Morgan fingerprint density at radius 2 is 1.92 bits per heavy atom. The van der Waals surface area contributed by atoms with Gasteiger partial charge in [0.1, 0.15) is 5.75 Å². The molecule has 5 heteroatoms. The molecule has 1 aliphatic heterocycles. The van der Waals surface area contributed by atoms with Crippen LogP contribution >= 0.6 is 0 Å². The summed E-state index contributed by atoms with van der Waals surface area (Å²) >= 11 is 0. The molecule has 0 aliphatic carbocycles. The van der Waals surface area contributed by atoms with Crippen molar-refractivity contribution in [3.63, 3.8) is 0 Å². The summed E-state index contributed by atoms with van der Waals surface area (Å²) in [4.78, 5) is 26.1. The summed E-state index contributed by atoms with van der Waals surface area (Å²) < 4.78 is 5.21. The van der Waals surface area contributed by atoms with Gasteiger partial charge in [0.2, 0.25) is 5.91 Å². The van der Waals surface area contributed by atoms with Gasteiger partial charge in [0, 0.05) is 0 Å². The van der Waals surface area contributed by atoms with E-state index in [0.717, 1.165) is 23.3 Å². The van der Waals surface area contributed by atoms with E-state index >= 15 is 0 Å². The molecule has 1 fully saturated rings. The number of carbonyl (C=O) groups excluding carboxylic acids is 2. The monoisotopic (exact) mass is 338 g/mol. The molecule has 2 aromatic rings. The van der Waals surface area contributed by atoms with Gasteiger partial charge in [0.05, 0.1) is 25.3 Å². The maximum absolute atomic E-state index is 12.6. The van der Waals surface area contributed by atoms with E-state index in [1.165, 1.54) is 4.90 Å². The van der Waals surface area contributed by atoms with Crippen molar-refractivity contribution in [2.45, 2.75) is 25.8 Å². The Kier molecular flexibility index (Phi) is 5.14. The lowest BCUT2D eigenvalue weighted by atomic mass is 10.1. The Morgan fingerprint density at radius 1 is 1.16 bits per heavy atom. The maximum Gasteiger partial charge on any atom is 0.251 e. The number of benzene rings is 2. The van der Waals surface area contributed by atoms with Crippen LogP contribution in [0.3, 0.4) is 0 Å². The fraction of sp³-hybridized carbons (Fsp3) is 0.300. The number of hydrogen-bond acceptors (Lipinski definition) is 4. The molecule has 5 nitrogen and oxygen atoms in total. The highest BCUT2D eigenvalue weighted by molar-refractivity contribution is 6.22. The number of amides is 2. The Morgan fingerprint density at radius 3 is 2.64 bits per heavy atom. The third kappa shape index (κ3) is 3.88. The summed E-state index contributed by atoms with van der Waals surface area (Å²) in [6.07, 6.45) is 0.963. The minimum atomic E-state index is -0.459. The zero-order valence-corrected chi connectivity index (χ0v) is 14.5. The number of rotatable bonds is 6. The SMILES string of the molecule is COc1cccc(CCNC2CC(=O)N(c3ccc(C)cc3)C2=O)c1. The number of imide groups is 1. The molecule has 0 radical (unpaired) electrons. The smallest absolute Gasteiger partial charge is 0.251 e. The predicted molar refractivity (Wildman–Crippen MR) is 96.8 cm³/mol. The molecular weight excluding hydrogens is 316 g/mol. The molecule has 0 spiro atoms. The highest BCUT2D eigenvalue weighted by atomic mass is 16.5. The van der Waals surface area contributed by atoms with Crippen LogP contribution in [-0.2, 0) is 16.0 Å². The minimum absolute atomic E-state index is 0.160. The summed E-state index contributed by atoms with van der Waals surface area (Å²) in [5.74, 6) is 0.474. The number of aryl methyl sites for hydroxylation is 1. The summed E-state index contributed by atoms with van der Waals surface area (Å²) in [5.41, 5.74) is 2.85. The molecule has 0 saturated carbocycles. The van der Waals surface area contributed by atoms with Crippen LogP contribution in [-0.4, -0.2) is 31.5 Å². The summed E-state index contributed by atoms with van der Waals surface area (Å²) in [6.45, 7) is 2.60. The van der Waals surface area contributed by atoms with Gasteiger partial charge in [0.15, 0.2) is 0 Å². The van der Waals surface area contributed by atoms with Crippen LogP contribution in [0.15, 0.2) is 48.5 Å². The Bertz CT molecular complexity index is 771. The van der Waals surface area contributed by atoms with Crippen molar-refractivity contribution < 1.29 is 14.3 Å². The van der Waals surface area contributed by atoms with Crippen LogP contribution in [0.5, 0.6) is 5.75 Å². The van der Waals surface area contributed by atoms with Gasteiger partial charge in [-0.25, -0.2) is 4.90 Å². The van der Waals surface area contributed by atoms with Crippen LogP contribution in [0.25, 0.3) is 0 Å². The van der Waals surface area contributed by atoms with Crippen LogP contribution in [0.1, 0.15) is 17.5 Å². The van der Waals surface area contributed by atoms with Gasteiger partial charge in [-0.3, -0.25) is 9.59 Å². The molecule has 1 saturated heterocycles. The molecule has 2 aromatic carbocycles. The molecule has 2 amide bonds. The van der Waals surface area contributed by atoms with Crippen molar-refractivity contribution in [1.29, 1.82) is 0 Å². The number of carbonyl (C=O) groups is 2. The first-order chi connectivity index (χ1) is 12.1. The Hall–Kier alpha value is -2.66. The standard InChI is InChI=1S/C20H22N2O3/c1-14-6-8-16(9-7-14)22-19(23)13-18(20(22)24)21-11-10-15-4-3-5-17(12-15)25-2/h3-9,12,18,21H,10-11,13H2,1-2H3. The molecule has 0 bridgehead atoms. The molecule has 1 atom stereocenters. The van der Waals surface area contributed by atoms with Gasteiger partial charge < -0.3 is 10.1 Å². The third-order valence-corrected chi connectivity index (χ3v) is 4.38. The number of nitrogens with one attached hydrogen (secondary N) is 1. The van der Waals surface area contributed by atoms with Crippen molar-refractivity contribution in [3.05, 3.63) is 59.7 Å². The highest BCUT2D eigenvalue weighted by Crippen LogP contribution is 2.23. The molecule has 1 heterocycles. The van der Waals surface area contributed by atoms with Crippen molar-refractivity contribution in [2.75, 3.05) is 18.6 Å². The Balaban J connectivity index is 1.59. The van der Waals surface area contributed by atoms with Crippen molar-refractivity contribution in [1.82, 2.24) is 5.32 Å². The second kappa shape index (κ2) is 7.49. The van der Waals surface area contributed by atoms with E-state index in [4.69, 9.17) is 4.74 Å². The molecular formula is C20H22N2O3. The van der Waals surface area contributed by atoms with E-state index in [1.807, 2.05) is 55.5 Å². The molecule has 25 heavy (non-hydrogen) atoms. The van der Waals surface area contributed by atoms with Gasteiger partial charge in [-0.15, -0.1) is 0 Å². The zero-order valence-electron chi connectivity index (χ0n) is 14.5. The summed E-state index contributed by atoms with van der Waals surface area (Å²) in [6, 6.07) is 14.8. The molecule has 130 valence electrons. The lowest BCUT2D eigenvalue weighted by Gasteiger charge is -2.16. The minimum Gasteiger partial charge on any atom is -0.497 e. The van der Waals surface area contributed by atoms with Crippen molar-refractivity contribution in [3.8, 4) is 5.75 Å². The largest absolute Gasteiger partial charge is 0.497 e. The van der Waals surface area contributed by atoms with Crippen LogP contribution in [0.4, 0.5) is 5.69 Å². The molecule has 1 aliphatic rings. The van der Waals surface area contributed by atoms with E-state index in [-0.39, 0.29) is 18.2 Å². The van der Waals surface area contributed by atoms with Crippen LogP contribution in [0, 0.1) is 6.92 Å². The molecule has 3 rings (SSSR count). The van der Waals surface area contributed by atoms with Gasteiger partial charge in [0.25, 0.3) is 5.91 Å². The molecule has 1 unspecified atom stereocenters. The van der Waals surface area contributed by atoms with Gasteiger partial charge in [-0.2, -0.15) is 0 Å². The quantitative estimate of drug-likeness (QED) is 0.822. The van der Waals surface area contributed by atoms with Crippen LogP contribution in [0.2, 0.25) is 0 Å². The van der Waals surface area contributed by atoms with Gasteiger partial charge in [-0.05, 0) is 49.7 Å². The van der Waals surface area contributed by atoms with Crippen LogP contribution < -0.4 is 15.0 Å². The van der Waals surface area contributed by atoms with E-state index in [0.29, 0.717) is 12.2 Å². The maximum atomic E-state index is 12.6. The van der Waals surface area contributed by atoms with Gasteiger partial charge in [-0.1, -0.05) is 29.8 Å². The number of hydrogen-bond donors (Lipinski definition) is 1. The van der Waals surface area contributed by atoms with Crippen molar-refractivity contribution in [2.24, 2.45) is 0 Å². The zero-order chi connectivity index (χ0) is 17.8. The normalized spacial score (nSPS) is 17.2. The lowest BCUT2D eigenvalue weighted by molar-refractivity contribution is -0.121. The highest BCUT2D eigenvalue weighted by Gasteiger charge is 2.39. The average molecular weight is 338 g/mol. The third-order valence-electron chi connectivity index (χ3n) is 4.38. The van der Waals surface area contributed by atoms with E-state index in [2.05, 4.69) is 5.32 Å². The van der Waals surface area contributed by atoms with E-state index < -0.39 is 6.04 Å². The number of methoxy groups -OCH3 is 1. The number of nitrogens with zero attached hydrogens (tertiary/aromatic N) is 1. The van der Waals surface area contributed by atoms with E-state index in [9.17, 15) is 9.59 Å². The summed E-state index contributed by atoms with van der Waals surface area (Å²) in [5, 5.41) is 3.21. The number of ether oxygens (including phenoxy) is 1. The lowest BCUT2D eigenvalue weighted by Crippen LogP contribution is -2.39. The molecule has 1 N–H and O–H groups in total. The second-order valence-corrected chi connectivity index (χ2v) is 6.22. The van der Waals surface area contributed by atoms with Crippen molar-refractivity contribution >= 4 is 17.5 Å². The number of anilines is 1. The molecule has 0 aromatic heterocycles. The second-order valence-electron chi connectivity index (χ2n) is 6.22.